The molecule has 1 atom stereocenters. The molecule has 1 heterocycles. The van der Waals surface area contributed by atoms with Gasteiger partial charge in [0.15, 0.2) is 11.6 Å². The summed E-state index contributed by atoms with van der Waals surface area (Å²) in [4.78, 5) is 0. The number of aryl methyl sites for hydroxylation is 1. The van der Waals surface area contributed by atoms with Crippen molar-refractivity contribution in [2.45, 2.75) is 33.0 Å². The molecule has 2 aromatic carbocycles. The summed E-state index contributed by atoms with van der Waals surface area (Å²) in [6, 6.07) is 9.27. The van der Waals surface area contributed by atoms with Crippen LogP contribution in [0.15, 0.2) is 42.5 Å². The van der Waals surface area contributed by atoms with Crippen LogP contribution in [-0.4, -0.2) is 24.4 Å². The highest BCUT2D eigenvalue weighted by Gasteiger charge is 2.18. The van der Waals surface area contributed by atoms with E-state index in [4.69, 9.17) is 9.47 Å². The Hall–Kier alpha value is -2.17. The Balaban J connectivity index is 1.87. The molecule has 0 unspecified atom stereocenters. The molecule has 2 aromatic rings. The summed E-state index contributed by atoms with van der Waals surface area (Å²) in [7, 11) is 0. The molecule has 0 radical (unpaired) electrons. The fraction of sp³-hybridized carbons (Fsp3) is 0.333. The zero-order chi connectivity index (χ0) is 17.8. The maximum Gasteiger partial charge on any atom is 0.168 e. The van der Waals surface area contributed by atoms with Gasteiger partial charge in [0.05, 0.1) is 19.3 Å². The van der Waals surface area contributed by atoms with E-state index < -0.39 is 0 Å². The van der Waals surface area contributed by atoms with Gasteiger partial charge < -0.3 is 14.6 Å². The minimum atomic E-state index is -0.346. The van der Waals surface area contributed by atoms with E-state index in [2.05, 4.69) is 6.08 Å². The van der Waals surface area contributed by atoms with Gasteiger partial charge in [-0.3, -0.25) is 0 Å². The second-order valence-electron chi connectivity index (χ2n) is 6.34. The molecule has 0 fully saturated rings. The van der Waals surface area contributed by atoms with Gasteiger partial charge in [0, 0.05) is 0 Å². The average molecular weight is 342 g/mol. The number of ether oxygens (including phenoxy) is 2. The molecule has 3 nitrogen and oxygen atoms in total. The van der Waals surface area contributed by atoms with Crippen LogP contribution in [0.4, 0.5) is 4.39 Å². The van der Waals surface area contributed by atoms with Gasteiger partial charge in [-0.2, -0.15) is 0 Å². The molecule has 0 aromatic heterocycles. The maximum atomic E-state index is 14.8. The molecular formula is C21H23FO3. The third kappa shape index (κ3) is 3.91. The van der Waals surface area contributed by atoms with Crippen molar-refractivity contribution in [3.63, 3.8) is 0 Å². The first-order valence-corrected chi connectivity index (χ1v) is 8.49. The summed E-state index contributed by atoms with van der Waals surface area (Å²) in [5.41, 5.74) is 4.03. The number of aliphatic hydroxyl groups is 1. The molecule has 0 bridgehead atoms. The minimum absolute atomic E-state index is 0.0362. The highest BCUT2D eigenvalue weighted by atomic mass is 19.1. The van der Waals surface area contributed by atoms with E-state index >= 15 is 0 Å². The Kier molecular flexibility index (Phi) is 5.51. The van der Waals surface area contributed by atoms with Crippen LogP contribution in [0.3, 0.4) is 0 Å². The predicted molar refractivity (Wildman–Crippen MR) is 96.2 cm³/mol. The monoisotopic (exact) mass is 342 g/mol. The molecule has 0 spiro atoms. The fourth-order valence-corrected chi connectivity index (χ4v) is 3.17. The lowest BCUT2D eigenvalue weighted by atomic mass is 9.94. The van der Waals surface area contributed by atoms with E-state index in [0.29, 0.717) is 18.8 Å². The van der Waals surface area contributed by atoms with E-state index in [-0.39, 0.29) is 24.3 Å². The van der Waals surface area contributed by atoms with Crippen molar-refractivity contribution in [1.29, 1.82) is 0 Å². The summed E-state index contributed by atoms with van der Waals surface area (Å²) in [5.74, 6) is -0.0865. The van der Waals surface area contributed by atoms with Crippen LogP contribution in [0.25, 0.3) is 11.1 Å². The molecule has 25 heavy (non-hydrogen) atoms. The first kappa shape index (κ1) is 17.6. The Morgan fingerprint density at radius 3 is 2.80 bits per heavy atom. The van der Waals surface area contributed by atoms with Crippen LogP contribution in [0.2, 0.25) is 0 Å². The third-order valence-corrected chi connectivity index (χ3v) is 4.48. The Bertz CT molecular complexity index is 783. The third-order valence-electron chi connectivity index (χ3n) is 4.48. The normalized spacial score (nSPS) is 16.9. The summed E-state index contributed by atoms with van der Waals surface area (Å²) in [6.45, 7) is 4.58. The standard InChI is InChI=1S/C21H23FO3/c1-14-10-19(25-13-18-8-3-4-9-24-18)21(22)15(2)20(14)17-7-5-6-16(11-17)12-23/h3-7,10-11,18,23H,8-9,12-13H2,1-2H3/t18-/m0/s1. The molecule has 4 heteroatoms. The maximum absolute atomic E-state index is 14.8. The predicted octanol–water partition coefficient (Wildman–Crippen LogP) is 4.33. The number of aliphatic hydroxyl groups excluding tert-OH is 1. The van der Waals surface area contributed by atoms with Crippen LogP contribution in [0, 0.1) is 19.7 Å². The van der Waals surface area contributed by atoms with Crippen LogP contribution in [-0.2, 0) is 11.3 Å². The van der Waals surface area contributed by atoms with Gasteiger partial charge in [0.2, 0.25) is 0 Å². The van der Waals surface area contributed by atoms with Crippen molar-refractivity contribution in [3.8, 4) is 16.9 Å². The smallest absolute Gasteiger partial charge is 0.168 e. The van der Waals surface area contributed by atoms with E-state index in [1.54, 1.807) is 13.0 Å². The van der Waals surface area contributed by atoms with Crippen LogP contribution in [0.1, 0.15) is 23.1 Å². The van der Waals surface area contributed by atoms with Crippen molar-refractivity contribution in [2.24, 2.45) is 0 Å². The molecule has 1 aliphatic rings. The lowest BCUT2D eigenvalue weighted by Crippen LogP contribution is -2.23. The average Bonchev–Trinajstić information content (AvgIpc) is 2.64. The SMILES string of the molecule is Cc1cc(OC[C@@H]2CC=CCO2)c(F)c(C)c1-c1cccc(CO)c1. The lowest BCUT2D eigenvalue weighted by molar-refractivity contribution is 0.0306. The number of halogens is 1. The molecule has 1 aliphatic heterocycles. The minimum Gasteiger partial charge on any atom is -0.488 e. The number of benzene rings is 2. The first-order chi connectivity index (χ1) is 12.1. The van der Waals surface area contributed by atoms with E-state index in [1.165, 1.54) is 0 Å². The molecule has 3 rings (SSSR count). The number of hydrogen-bond acceptors (Lipinski definition) is 3. The largest absolute Gasteiger partial charge is 0.488 e. The summed E-state index contributed by atoms with van der Waals surface area (Å²) in [6.07, 6.45) is 4.78. The van der Waals surface area contributed by atoms with Gasteiger partial charge in [-0.1, -0.05) is 30.4 Å². The van der Waals surface area contributed by atoms with Crippen molar-refractivity contribution in [3.05, 3.63) is 65.0 Å². The van der Waals surface area contributed by atoms with E-state index in [9.17, 15) is 9.50 Å². The molecule has 132 valence electrons. The molecule has 0 aliphatic carbocycles. The first-order valence-electron chi connectivity index (χ1n) is 8.49. The van der Waals surface area contributed by atoms with Crippen LogP contribution in [0.5, 0.6) is 5.75 Å². The van der Waals surface area contributed by atoms with Gasteiger partial charge in [0.25, 0.3) is 0 Å². The van der Waals surface area contributed by atoms with Gasteiger partial charge in [-0.15, -0.1) is 0 Å². The van der Waals surface area contributed by atoms with Gasteiger partial charge in [-0.05, 0) is 60.2 Å². The molecule has 1 N–H and O–H groups in total. The topological polar surface area (TPSA) is 38.7 Å². The van der Waals surface area contributed by atoms with Crippen molar-refractivity contribution in [2.75, 3.05) is 13.2 Å². The summed E-state index contributed by atoms with van der Waals surface area (Å²) in [5, 5.41) is 9.33. The van der Waals surface area contributed by atoms with Gasteiger partial charge in [0.1, 0.15) is 6.61 Å². The second kappa shape index (κ2) is 7.81. The Morgan fingerprint density at radius 2 is 2.08 bits per heavy atom. The van der Waals surface area contributed by atoms with Crippen molar-refractivity contribution < 1.29 is 19.0 Å². The van der Waals surface area contributed by atoms with E-state index in [0.717, 1.165) is 28.7 Å². The Labute approximate surface area is 147 Å². The molecule has 0 saturated carbocycles. The Morgan fingerprint density at radius 1 is 1.24 bits per heavy atom. The highest BCUT2D eigenvalue weighted by Crippen LogP contribution is 2.34. The highest BCUT2D eigenvalue weighted by molar-refractivity contribution is 5.72. The molecule has 0 saturated heterocycles. The molecule has 0 amide bonds. The summed E-state index contributed by atoms with van der Waals surface area (Å²) < 4.78 is 26.1. The number of hydrogen-bond donors (Lipinski definition) is 1. The van der Waals surface area contributed by atoms with Gasteiger partial charge in [-0.25, -0.2) is 4.39 Å². The van der Waals surface area contributed by atoms with Crippen LogP contribution >= 0.6 is 0 Å². The second-order valence-corrected chi connectivity index (χ2v) is 6.34. The lowest BCUT2D eigenvalue weighted by Gasteiger charge is -2.21. The fourth-order valence-electron chi connectivity index (χ4n) is 3.17. The van der Waals surface area contributed by atoms with Gasteiger partial charge >= 0.3 is 0 Å². The zero-order valence-corrected chi connectivity index (χ0v) is 14.6. The van der Waals surface area contributed by atoms with Crippen LogP contribution < -0.4 is 4.74 Å². The zero-order valence-electron chi connectivity index (χ0n) is 14.6. The van der Waals surface area contributed by atoms with Crippen molar-refractivity contribution >= 4 is 0 Å². The summed E-state index contributed by atoms with van der Waals surface area (Å²) >= 11 is 0. The van der Waals surface area contributed by atoms with Crippen molar-refractivity contribution in [1.82, 2.24) is 0 Å². The molecular weight excluding hydrogens is 319 g/mol. The number of rotatable bonds is 5. The van der Waals surface area contributed by atoms with E-state index in [1.807, 2.05) is 37.3 Å². The quantitative estimate of drug-likeness (QED) is 0.822.